The van der Waals surface area contributed by atoms with E-state index in [1.165, 1.54) is 6.07 Å². The van der Waals surface area contributed by atoms with Gasteiger partial charge in [-0.2, -0.15) is 11.8 Å². The standard InChI is InChI=1S/C16H27FN4O2S2.HI/c1-4-18-16(19-8-5-9-21-25(3,22)23)20-11-13-6-7-15(17)10-14(13)12-24-2;/h6-7,10,21H,4-5,8-9,11-12H2,1-3H3,(H2,18,19,20);1H. The molecule has 0 heterocycles. The van der Waals surface area contributed by atoms with Crippen LogP contribution in [0.1, 0.15) is 24.5 Å². The van der Waals surface area contributed by atoms with Gasteiger partial charge in [0.25, 0.3) is 0 Å². The third kappa shape index (κ3) is 11.2. The predicted octanol–water partition coefficient (Wildman–Crippen LogP) is 2.30. The molecule has 0 bridgehead atoms. The Morgan fingerprint density at radius 3 is 2.58 bits per heavy atom. The third-order valence-electron chi connectivity index (χ3n) is 3.23. The van der Waals surface area contributed by atoms with Crippen molar-refractivity contribution in [2.24, 2.45) is 4.99 Å². The van der Waals surface area contributed by atoms with E-state index in [0.29, 0.717) is 38.6 Å². The molecule has 1 aromatic rings. The van der Waals surface area contributed by atoms with Crippen LogP contribution in [0, 0.1) is 5.82 Å². The van der Waals surface area contributed by atoms with Crippen molar-refractivity contribution in [1.29, 1.82) is 0 Å². The Balaban J connectivity index is 0.00000625. The maximum atomic E-state index is 13.4. The summed E-state index contributed by atoms with van der Waals surface area (Å²) in [6.07, 6.45) is 3.76. The maximum Gasteiger partial charge on any atom is 0.208 e. The van der Waals surface area contributed by atoms with E-state index in [1.54, 1.807) is 23.9 Å². The number of sulfonamides is 1. The second kappa shape index (κ2) is 13.6. The van der Waals surface area contributed by atoms with Crippen molar-refractivity contribution < 1.29 is 12.8 Å². The summed E-state index contributed by atoms with van der Waals surface area (Å²) in [4.78, 5) is 4.53. The highest BCUT2D eigenvalue weighted by Gasteiger charge is 2.05. The largest absolute Gasteiger partial charge is 0.357 e. The van der Waals surface area contributed by atoms with Crippen LogP contribution < -0.4 is 15.4 Å². The van der Waals surface area contributed by atoms with Gasteiger partial charge in [-0.1, -0.05) is 6.07 Å². The minimum Gasteiger partial charge on any atom is -0.357 e. The highest BCUT2D eigenvalue weighted by molar-refractivity contribution is 14.0. The molecule has 0 saturated carbocycles. The molecule has 10 heteroatoms. The first-order chi connectivity index (χ1) is 11.9. The van der Waals surface area contributed by atoms with Crippen LogP contribution in [0.25, 0.3) is 0 Å². The van der Waals surface area contributed by atoms with Crippen LogP contribution in [0.2, 0.25) is 0 Å². The number of halogens is 2. The van der Waals surface area contributed by atoms with Gasteiger partial charge in [-0.05, 0) is 42.9 Å². The SMILES string of the molecule is CCNC(=NCc1ccc(F)cc1CSC)NCCCNS(C)(=O)=O.I. The number of hydrogen-bond donors (Lipinski definition) is 3. The van der Waals surface area contributed by atoms with Gasteiger partial charge in [-0.25, -0.2) is 22.5 Å². The zero-order valence-corrected chi connectivity index (χ0v) is 19.3. The Morgan fingerprint density at radius 1 is 1.23 bits per heavy atom. The van der Waals surface area contributed by atoms with E-state index in [2.05, 4.69) is 20.3 Å². The molecule has 26 heavy (non-hydrogen) atoms. The third-order valence-corrected chi connectivity index (χ3v) is 4.56. The van der Waals surface area contributed by atoms with Gasteiger partial charge in [-0.3, -0.25) is 0 Å². The number of aliphatic imine (C=N–C) groups is 1. The van der Waals surface area contributed by atoms with Gasteiger partial charge in [0.15, 0.2) is 5.96 Å². The molecule has 0 fully saturated rings. The fraction of sp³-hybridized carbons (Fsp3) is 0.562. The molecule has 150 valence electrons. The zero-order chi connectivity index (χ0) is 18.7. The number of thioether (sulfide) groups is 1. The van der Waals surface area contributed by atoms with E-state index in [9.17, 15) is 12.8 Å². The Hall–Kier alpha value is -0.590. The minimum atomic E-state index is -3.15. The summed E-state index contributed by atoms with van der Waals surface area (Å²) in [5.74, 6) is 1.16. The van der Waals surface area contributed by atoms with Crippen molar-refractivity contribution in [3.8, 4) is 0 Å². The molecule has 0 atom stereocenters. The van der Waals surface area contributed by atoms with Gasteiger partial charge in [0.1, 0.15) is 5.82 Å². The van der Waals surface area contributed by atoms with E-state index in [0.717, 1.165) is 23.1 Å². The number of nitrogens with zero attached hydrogens (tertiary/aromatic N) is 1. The summed E-state index contributed by atoms with van der Waals surface area (Å²) in [7, 11) is -3.15. The molecular weight excluding hydrogens is 490 g/mol. The van der Waals surface area contributed by atoms with Crippen LogP contribution in [0.5, 0.6) is 0 Å². The summed E-state index contributed by atoms with van der Waals surface area (Å²) in [6.45, 7) is 4.11. The minimum absolute atomic E-state index is 0. The van der Waals surface area contributed by atoms with Crippen molar-refractivity contribution in [1.82, 2.24) is 15.4 Å². The van der Waals surface area contributed by atoms with Gasteiger partial charge in [0.05, 0.1) is 12.8 Å². The molecule has 6 nitrogen and oxygen atoms in total. The molecule has 1 aromatic carbocycles. The van der Waals surface area contributed by atoms with Crippen molar-refractivity contribution in [2.45, 2.75) is 25.6 Å². The van der Waals surface area contributed by atoms with Gasteiger partial charge in [0, 0.05) is 25.4 Å². The maximum absolute atomic E-state index is 13.4. The smallest absolute Gasteiger partial charge is 0.208 e. The molecule has 0 unspecified atom stereocenters. The van der Waals surface area contributed by atoms with Gasteiger partial charge in [-0.15, -0.1) is 24.0 Å². The van der Waals surface area contributed by atoms with Crippen molar-refractivity contribution >= 4 is 51.7 Å². The average molecular weight is 518 g/mol. The van der Waals surface area contributed by atoms with Crippen LogP contribution in [0.3, 0.4) is 0 Å². The van der Waals surface area contributed by atoms with Crippen LogP contribution >= 0.6 is 35.7 Å². The Morgan fingerprint density at radius 2 is 1.96 bits per heavy atom. The molecule has 0 saturated heterocycles. The normalized spacial score (nSPS) is 11.8. The lowest BCUT2D eigenvalue weighted by atomic mass is 10.1. The van der Waals surface area contributed by atoms with Crippen molar-refractivity contribution in [2.75, 3.05) is 32.1 Å². The molecule has 1 rings (SSSR count). The molecule has 0 aromatic heterocycles. The first-order valence-corrected chi connectivity index (χ1v) is 11.4. The van der Waals surface area contributed by atoms with Gasteiger partial charge in [0.2, 0.25) is 10.0 Å². The number of hydrogen-bond acceptors (Lipinski definition) is 4. The molecule has 3 N–H and O–H groups in total. The molecular formula is C16H28FIN4O2S2. The molecule has 0 aliphatic carbocycles. The van der Waals surface area contributed by atoms with Crippen molar-refractivity contribution in [3.05, 3.63) is 35.1 Å². The van der Waals surface area contributed by atoms with Crippen LogP contribution in [0.15, 0.2) is 23.2 Å². The number of rotatable bonds is 10. The van der Waals surface area contributed by atoms with E-state index in [1.807, 2.05) is 13.2 Å². The quantitative estimate of drug-likeness (QED) is 0.192. The first kappa shape index (κ1) is 25.4. The predicted molar refractivity (Wildman–Crippen MR) is 119 cm³/mol. The summed E-state index contributed by atoms with van der Waals surface area (Å²) in [5, 5.41) is 6.31. The van der Waals surface area contributed by atoms with Crippen LogP contribution in [-0.4, -0.2) is 46.5 Å². The number of guanidine groups is 1. The lowest BCUT2D eigenvalue weighted by Crippen LogP contribution is -2.38. The summed E-state index contributed by atoms with van der Waals surface area (Å²) < 4.78 is 37.8. The van der Waals surface area contributed by atoms with Crippen molar-refractivity contribution in [3.63, 3.8) is 0 Å². The van der Waals surface area contributed by atoms with E-state index in [4.69, 9.17) is 0 Å². The fourth-order valence-electron chi connectivity index (χ4n) is 2.10. The van der Waals surface area contributed by atoms with Gasteiger partial charge >= 0.3 is 0 Å². The second-order valence-corrected chi connectivity index (χ2v) is 8.19. The van der Waals surface area contributed by atoms with Crippen LogP contribution in [0.4, 0.5) is 4.39 Å². The second-order valence-electron chi connectivity index (χ2n) is 5.49. The zero-order valence-electron chi connectivity index (χ0n) is 15.3. The first-order valence-electron chi connectivity index (χ1n) is 8.08. The lowest BCUT2D eigenvalue weighted by molar-refractivity contribution is 0.584. The summed E-state index contributed by atoms with van der Waals surface area (Å²) in [5.41, 5.74) is 1.94. The van der Waals surface area contributed by atoms with E-state index in [-0.39, 0.29) is 29.8 Å². The number of nitrogens with one attached hydrogen (secondary N) is 3. The Labute approximate surface area is 177 Å². The Bertz CT molecular complexity index is 672. The summed E-state index contributed by atoms with van der Waals surface area (Å²) >= 11 is 1.64. The average Bonchev–Trinajstić information content (AvgIpc) is 2.52. The fourth-order valence-corrected chi connectivity index (χ4v) is 3.19. The number of benzene rings is 1. The summed E-state index contributed by atoms with van der Waals surface area (Å²) in [6, 6.07) is 4.77. The monoisotopic (exact) mass is 518 g/mol. The topological polar surface area (TPSA) is 82.6 Å². The lowest BCUT2D eigenvalue weighted by Gasteiger charge is -2.12. The molecule has 0 aliphatic rings. The van der Waals surface area contributed by atoms with Gasteiger partial charge < -0.3 is 10.6 Å². The van der Waals surface area contributed by atoms with E-state index < -0.39 is 10.0 Å². The Kier molecular flexibility index (Phi) is 13.3. The molecule has 0 amide bonds. The molecule has 0 aliphatic heterocycles. The molecule has 0 spiro atoms. The highest BCUT2D eigenvalue weighted by atomic mass is 127. The highest BCUT2D eigenvalue weighted by Crippen LogP contribution is 2.17. The molecule has 0 radical (unpaired) electrons. The van der Waals surface area contributed by atoms with Crippen LogP contribution in [-0.2, 0) is 22.3 Å². The van der Waals surface area contributed by atoms with E-state index >= 15 is 0 Å².